The van der Waals surface area contributed by atoms with Gasteiger partial charge in [0.05, 0.1) is 27.6 Å². The molecular formula is C44H38N4. The molecule has 5 aromatic carbocycles. The summed E-state index contributed by atoms with van der Waals surface area (Å²) in [4.78, 5) is 14.8. The average Bonchev–Trinajstić information content (AvgIpc) is 3.45. The third-order valence-corrected chi connectivity index (χ3v) is 9.99. The maximum Gasteiger partial charge on any atom is 0.138 e. The number of benzene rings is 5. The van der Waals surface area contributed by atoms with Crippen LogP contribution in [0.25, 0.3) is 82.1 Å². The summed E-state index contributed by atoms with van der Waals surface area (Å²) in [6.07, 6.45) is 0. The lowest BCUT2D eigenvalue weighted by Crippen LogP contribution is -2.11. The van der Waals surface area contributed by atoms with E-state index in [1.54, 1.807) is 0 Å². The third kappa shape index (κ3) is 4.43. The molecule has 0 unspecified atom stereocenters. The van der Waals surface area contributed by atoms with Crippen molar-refractivity contribution in [2.24, 2.45) is 0 Å². The molecule has 9 rings (SSSR count). The van der Waals surface area contributed by atoms with Crippen LogP contribution in [0.15, 0.2) is 115 Å². The summed E-state index contributed by atoms with van der Waals surface area (Å²) >= 11 is 0. The van der Waals surface area contributed by atoms with Gasteiger partial charge in [0.1, 0.15) is 5.65 Å². The number of fused-ring (bicyclic) bond motifs is 7. The van der Waals surface area contributed by atoms with Crippen molar-refractivity contribution in [1.82, 2.24) is 19.5 Å². The van der Waals surface area contributed by atoms with Gasteiger partial charge in [0.2, 0.25) is 0 Å². The summed E-state index contributed by atoms with van der Waals surface area (Å²) in [7, 11) is 0. The smallest absolute Gasteiger partial charge is 0.138 e. The van der Waals surface area contributed by atoms with Crippen molar-refractivity contribution >= 4 is 76.5 Å². The number of rotatable bonds is 1. The normalized spacial score (nSPS) is 12.8. The van der Waals surface area contributed by atoms with Crippen LogP contribution in [0.2, 0.25) is 0 Å². The minimum absolute atomic E-state index is 0.0405. The van der Waals surface area contributed by atoms with Gasteiger partial charge in [-0.3, -0.25) is 4.57 Å². The van der Waals surface area contributed by atoms with Crippen LogP contribution in [0, 0.1) is 0 Å². The number of hydrogen-bond acceptors (Lipinski definition) is 2. The molecule has 234 valence electrons. The molecule has 0 saturated heterocycles. The van der Waals surface area contributed by atoms with E-state index in [0.717, 1.165) is 66.0 Å². The first-order valence-electron chi connectivity index (χ1n) is 16.8. The summed E-state index contributed by atoms with van der Waals surface area (Å²) < 4.78 is 2.26. The Bertz CT molecular complexity index is 2790. The summed E-state index contributed by atoms with van der Waals surface area (Å²) in [6, 6.07) is 41.9. The van der Waals surface area contributed by atoms with Gasteiger partial charge in [-0.25, -0.2) is 9.97 Å². The van der Waals surface area contributed by atoms with Crippen molar-refractivity contribution in [3.63, 3.8) is 0 Å². The van der Waals surface area contributed by atoms with Crippen LogP contribution in [0.5, 0.6) is 0 Å². The van der Waals surface area contributed by atoms with E-state index in [4.69, 9.17) is 9.97 Å². The minimum atomic E-state index is -0.0485. The van der Waals surface area contributed by atoms with Gasteiger partial charge < -0.3 is 4.98 Å². The quantitative estimate of drug-likeness (QED) is 0.185. The zero-order chi connectivity index (χ0) is 32.9. The van der Waals surface area contributed by atoms with Crippen LogP contribution in [0.4, 0.5) is 0 Å². The van der Waals surface area contributed by atoms with Crippen molar-refractivity contribution in [1.29, 1.82) is 0 Å². The lowest BCUT2D eigenvalue weighted by atomic mass is 9.84. The van der Waals surface area contributed by atoms with Gasteiger partial charge in [-0.05, 0) is 94.1 Å². The van der Waals surface area contributed by atoms with Crippen LogP contribution < -0.4 is 0 Å². The Hall–Kier alpha value is -5.48. The molecule has 4 nitrogen and oxygen atoms in total. The van der Waals surface area contributed by atoms with Crippen LogP contribution >= 0.6 is 0 Å². The molecule has 0 aliphatic heterocycles. The first-order valence-corrected chi connectivity index (χ1v) is 16.8. The molecule has 0 atom stereocenters. The Labute approximate surface area is 279 Å². The number of para-hydroxylation sites is 1. The first-order chi connectivity index (χ1) is 23.0. The summed E-state index contributed by atoms with van der Waals surface area (Å²) in [5, 5.41) is 8.08. The molecule has 1 N–H and O–H groups in total. The molecule has 8 bridgehead atoms. The van der Waals surface area contributed by atoms with Gasteiger partial charge in [-0.2, -0.15) is 0 Å². The van der Waals surface area contributed by atoms with Crippen LogP contribution in [0.1, 0.15) is 52.7 Å². The molecule has 48 heavy (non-hydrogen) atoms. The zero-order valence-corrected chi connectivity index (χ0v) is 28.3. The molecule has 0 radical (unpaired) electrons. The molecule has 0 saturated carbocycles. The number of aromatic amines is 1. The molecule has 0 fully saturated rings. The number of nitrogens with zero attached hydrogens (tertiary/aromatic N) is 3. The highest BCUT2D eigenvalue weighted by molar-refractivity contribution is 6.22. The predicted molar refractivity (Wildman–Crippen MR) is 204 cm³/mol. The topological polar surface area (TPSA) is 46.5 Å². The van der Waals surface area contributed by atoms with Crippen molar-refractivity contribution in [3.8, 4) is 5.69 Å². The van der Waals surface area contributed by atoms with Gasteiger partial charge in [-0.1, -0.05) is 90.1 Å². The Balaban J connectivity index is 1.62. The third-order valence-electron chi connectivity index (χ3n) is 9.99. The maximum absolute atomic E-state index is 5.44. The highest BCUT2D eigenvalue weighted by Crippen LogP contribution is 2.40. The molecule has 4 heterocycles. The molecule has 0 aliphatic rings. The second kappa shape index (κ2) is 10.0. The molecule has 4 heteroatoms. The van der Waals surface area contributed by atoms with E-state index in [0.29, 0.717) is 0 Å². The van der Waals surface area contributed by atoms with E-state index in [2.05, 4.69) is 166 Å². The molecule has 9 aromatic rings. The minimum Gasteiger partial charge on any atom is -0.353 e. The molecule has 0 amide bonds. The second-order valence-electron chi connectivity index (χ2n) is 15.3. The predicted octanol–water partition coefficient (Wildman–Crippen LogP) is 11.8. The number of aromatic nitrogens is 4. The fourth-order valence-corrected chi connectivity index (χ4v) is 7.23. The second-order valence-corrected chi connectivity index (χ2v) is 15.3. The monoisotopic (exact) mass is 622 g/mol. The number of H-pyrrole nitrogens is 1. The van der Waals surface area contributed by atoms with Crippen LogP contribution in [-0.2, 0) is 10.8 Å². The van der Waals surface area contributed by atoms with E-state index in [-0.39, 0.29) is 10.8 Å². The van der Waals surface area contributed by atoms with Gasteiger partial charge in [0.25, 0.3) is 0 Å². The van der Waals surface area contributed by atoms with Crippen molar-refractivity contribution in [2.75, 3.05) is 0 Å². The van der Waals surface area contributed by atoms with Gasteiger partial charge in [-0.15, -0.1) is 0 Å². The largest absolute Gasteiger partial charge is 0.353 e. The first kappa shape index (κ1) is 28.7. The Morgan fingerprint density at radius 1 is 0.500 bits per heavy atom. The summed E-state index contributed by atoms with van der Waals surface area (Å²) in [5.41, 5.74) is 10.5. The highest BCUT2D eigenvalue weighted by Gasteiger charge is 2.22. The lowest BCUT2D eigenvalue weighted by molar-refractivity contribution is 0.591. The van der Waals surface area contributed by atoms with E-state index in [1.807, 2.05) is 0 Å². The zero-order valence-electron chi connectivity index (χ0n) is 28.3. The number of nitrogens with one attached hydrogen (secondary N) is 1. The lowest BCUT2D eigenvalue weighted by Gasteiger charge is -2.21. The fourth-order valence-electron chi connectivity index (χ4n) is 7.23. The van der Waals surface area contributed by atoms with E-state index >= 15 is 0 Å². The molecular weight excluding hydrogens is 585 g/mol. The summed E-state index contributed by atoms with van der Waals surface area (Å²) in [6.45, 7) is 13.8. The van der Waals surface area contributed by atoms with Gasteiger partial charge >= 0.3 is 0 Å². The Kier molecular flexibility index (Phi) is 5.99. The van der Waals surface area contributed by atoms with Crippen LogP contribution in [-0.4, -0.2) is 19.5 Å². The standard InChI is InChI=1S/C44H38N4/c1-43(2,3)29-22-33-28-11-10-14-32(21-28)48(31-12-8-7-9-13-31)38-20-18-27-16-15-26-17-19-37(45-39(26)40(27)46-38)36-25-30(44(4,5)6)24-35-34(23-29)41(33)47-42(35)36/h7-25,47H,1-6H3. The maximum atomic E-state index is 5.44. The van der Waals surface area contributed by atoms with E-state index < -0.39 is 0 Å². The van der Waals surface area contributed by atoms with Crippen LogP contribution in [0.3, 0.4) is 0 Å². The Morgan fingerprint density at radius 3 is 1.77 bits per heavy atom. The number of hydrogen-bond donors (Lipinski definition) is 1. The molecule has 0 spiro atoms. The molecule has 4 aromatic heterocycles. The highest BCUT2D eigenvalue weighted by atomic mass is 15.0. The van der Waals surface area contributed by atoms with E-state index in [9.17, 15) is 0 Å². The fraction of sp³-hybridized carbons (Fsp3) is 0.182. The molecule has 0 aliphatic carbocycles. The van der Waals surface area contributed by atoms with Gasteiger partial charge in [0, 0.05) is 43.5 Å². The SMILES string of the molecule is CC(C)(C)c1cc2c3cccc(c3)n(-c3ccccc3)c3ccc4ccc5ccc(nc5c4n3)c3cc(C(C)(C)C)cc4c(c1)c2[nH]c34. The van der Waals surface area contributed by atoms with Crippen molar-refractivity contribution in [2.45, 2.75) is 52.4 Å². The van der Waals surface area contributed by atoms with Crippen molar-refractivity contribution in [3.05, 3.63) is 126 Å². The van der Waals surface area contributed by atoms with Gasteiger partial charge in [0.15, 0.2) is 0 Å². The summed E-state index contributed by atoms with van der Waals surface area (Å²) in [5.74, 6) is 0. The number of pyridine rings is 2. The average molecular weight is 623 g/mol. The Morgan fingerprint density at radius 2 is 1.08 bits per heavy atom. The van der Waals surface area contributed by atoms with E-state index in [1.165, 1.54) is 27.3 Å². The van der Waals surface area contributed by atoms with Crippen molar-refractivity contribution < 1.29 is 0 Å².